The highest BCUT2D eigenvalue weighted by atomic mass is 16.3. The molecule has 0 saturated heterocycles. The van der Waals surface area contributed by atoms with Crippen LogP contribution in [0.25, 0.3) is 0 Å². The first-order valence-electron chi connectivity index (χ1n) is 4.94. The number of aromatic nitrogens is 2. The summed E-state index contributed by atoms with van der Waals surface area (Å²) in [6.07, 6.45) is 6.19. The number of hydrogen-bond donors (Lipinski definition) is 2. The van der Waals surface area contributed by atoms with Crippen molar-refractivity contribution in [1.29, 1.82) is 0 Å². The molecule has 0 radical (unpaired) electrons. The molecule has 0 aromatic carbocycles. The van der Waals surface area contributed by atoms with E-state index in [1.54, 1.807) is 12.4 Å². The summed E-state index contributed by atoms with van der Waals surface area (Å²) < 4.78 is 0. The molecule has 0 fully saturated rings. The van der Waals surface area contributed by atoms with Crippen molar-refractivity contribution in [1.82, 2.24) is 10.2 Å². The van der Waals surface area contributed by atoms with Gasteiger partial charge >= 0.3 is 0 Å². The predicted molar refractivity (Wildman–Crippen MR) is 52.2 cm³/mol. The summed E-state index contributed by atoms with van der Waals surface area (Å²) in [6, 6.07) is 0. The third-order valence-electron chi connectivity index (χ3n) is 2.62. The molecular weight excluding hydrogens is 164 g/mol. The number of aliphatic hydroxyl groups excluding tert-OH is 1. The highest BCUT2D eigenvalue weighted by Crippen LogP contribution is 2.23. The van der Waals surface area contributed by atoms with Crippen molar-refractivity contribution in [3.63, 3.8) is 0 Å². The zero-order valence-corrected chi connectivity index (χ0v) is 8.33. The van der Waals surface area contributed by atoms with Gasteiger partial charge in [0, 0.05) is 11.8 Å². The van der Waals surface area contributed by atoms with E-state index in [4.69, 9.17) is 0 Å². The summed E-state index contributed by atoms with van der Waals surface area (Å²) in [5.41, 5.74) is 0.895. The van der Waals surface area contributed by atoms with E-state index in [9.17, 15) is 5.11 Å². The van der Waals surface area contributed by atoms with Crippen molar-refractivity contribution in [3.05, 3.63) is 18.0 Å². The van der Waals surface area contributed by atoms with Crippen LogP contribution in [0.2, 0.25) is 0 Å². The van der Waals surface area contributed by atoms with Crippen LogP contribution in [0.3, 0.4) is 0 Å². The molecule has 1 atom stereocenters. The standard InChI is InChI=1S/C10H18N2O/c1-3-8(4-2)5-10(13)9-6-11-12-7-9/h6-8,10,13H,3-5H2,1-2H3,(H,11,12). The molecule has 1 aromatic heterocycles. The largest absolute Gasteiger partial charge is 0.388 e. The van der Waals surface area contributed by atoms with E-state index in [0.717, 1.165) is 24.8 Å². The van der Waals surface area contributed by atoms with E-state index in [1.165, 1.54) is 0 Å². The first-order valence-corrected chi connectivity index (χ1v) is 4.94. The van der Waals surface area contributed by atoms with Gasteiger partial charge in [-0.05, 0) is 12.3 Å². The summed E-state index contributed by atoms with van der Waals surface area (Å²) in [7, 11) is 0. The van der Waals surface area contributed by atoms with Crippen molar-refractivity contribution >= 4 is 0 Å². The van der Waals surface area contributed by atoms with E-state index in [0.29, 0.717) is 5.92 Å². The van der Waals surface area contributed by atoms with Gasteiger partial charge in [-0.1, -0.05) is 26.7 Å². The quantitative estimate of drug-likeness (QED) is 0.733. The number of hydrogen-bond acceptors (Lipinski definition) is 2. The van der Waals surface area contributed by atoms with E-state index in [2.05, 4.69) is 24.0 Å². The molecule has 74 valence electrons. The lowest BCUT2D eigenvalue weighted by Gasteiger charge is -2.15. The average Bonchev–Trinajstić information content (AvgIpc) is 2.66. The minimum absolute atomic E-state index is 0.358. The number of nitrogens with one attached hydrogen (secondary N) is 1. The molecule has 2 N–H and O–H groups in total. The minimum atomic E-state index is -0.358. The van der Waals surface area contributed by atoms with Gasteiger partial charge in [0.05, 0.1) is 12.3 Å². The summed E-state index contributed by atoms with van der Waals surface area (Å²) in [6.45, 7) is 4.33. The second-order valence-corrected chi connectivity index (χ2v) is 3.47. The molecule has 0 aliphatic rings. The first-order chi connectivity index (χ1) is 6.27. The number of aliphatic hydroxyl groups is 1. The van der Waals surface area contributed by atoms with Crippen LogP contribution in [0.1, 0.15) is 44.8 Å². The molecular formula is C10H18N2O. The maximum absolute atomic E-state index is 9.78. The van der Waals surface area contributed by atoms with Crippen molar-refractivity contribution in [3.8, 4) is 0 Å². The molecule has 0 bridgehead atoms. The summed E-state index contributed by atoms with van der Waals surface area (Å²) >= 11 is 0. The fourth-order valence-corrected chi connectivity index (χ4v) is 1.52. The highest BCUT2D eigenvalue weighted by molar-refractivity contribution is 5.06. The molecule has 1 unspecified atom stereocenters. The zero-order chi connectivity index (χ0) is 9.68. The number of rotatable bonds is 5. The highest BCUT2D eigenvalue weighted by Gasteiger charge is 2.13. The monoisotopic (exact) mass is 182 g/mol. The van der Waals surface area contributed by atoms with Gasteiger partial charge in [-0.2, -0.15) is 5.10 Å². The molecule has 0 aliphatic heterocycles. The Labute approximate surface area is 79.2 Å². The molecule has 3 nitrogen and oxygen atoms in total. The topological polar surface area (TPSA) is 48.9 Å². The van der Waals surface area contributed by atoms with E-state index < -0.39 is 0 Å². The Balaban J connectivity index is 2.45. The van der Waals surface area contributed by atoms with Crippen molar-refractivity contribution < 1.29 is 5.11 Å². The van der Waals surface area contributed by atoms with Crippen LogP contribution in [0, 0.1) is 5.92 Å². The number of aromatic amines is 1. The average molecular weight is 182 g/mol. The van der Waals surface area contributed by atoms with Gasteiger partial charge in [-0.3, -0.25) is 5.10 Å². The molecule has 13 heavy (non-hydrogen) atoms. The predicted octanol–water partition coefficient (Wildman–Crippen LogP) is 2.27. The second kappa shape index (κ2) is 5.02. The lowest BCUT2D eigenvalue weighted by atomic mass is 9.94. The van der Waals surface area contributed by atoms with Gasteiger partial charge in [0.2, 0.25) is 0 Å². The molecule has 0 amide bonds. The van der Waals surface area contributed by atoms with E-state index in [1.807, 2.05) is 0 Å². The number of H-pyrrole nitrogens is 1. The van der Waals surface area contributed by atoms with Crippen molar-refractivity contribution in [2.24, 2.45) is 5.92 Å². The third-order valence-corrected chi connectivity index (χ3v) is 2.62. The SMILES string of the molecule is CCC(CC)CC(O)c1cn[nH]c1. The van der Waals surface area contributed by atoms with Gasteiger partial charge in [0.1, 0.15) is 0 Å². The number of nitrogens with zero attached hydrogens (tertiary/aromatic N) is 1. The fraction of sp³-hybridized carbons (Fsp3) is 0.700. The summed E-state index contributed by atoms with van der Waals surface area (Å²) in [4.78, 5) is 0. The fourth-order valence-electron chi connectivity index (χ4n) is 1.52. The van der Waals surface area contributed by atoms with Crippen LogP contribution < -0.4 is 0 Å². The minimum Gasteiger partial charge on any atom is -0.388 e. The Morgan fingerprint density at radius 2 is 2.15 bits per heavy atom. The lowest BCUT2D eigenvalue weighted by molar-refractivity contribution is 0.141. The second-order valence-electron chi connectivity index (χ2n) is 3.47. The normalized spacial score (nSPS) is 13.5. The maximum atomic E-state index is 9.78. The van der Waals surface area contributed by atoms with Gasteiger partial charge < -0.3 is 5.11 Å². The molecule has 1 rings (SSSR count). The van der Waals surface area contributed by atoms with Crippen molar-refractivity contribution in [2.45, 2.75) is 39.2 Å². The van der Waals surface area contributed by atoms with Crippen LogP contribution in [0.15, 0.2) is 12.4 Å². The van der Waals surface area contributed by atoms with Crippen LogP contribution in [0.4, 0.5) is 0 Å². The Morgan fingerprint density at radius 1 is 1.46 bits per heavy atom. The Kier molecular flexibility index (Phi) is 3.96. The zero-order valence-electron chi connectivity index (χ0n) is 8.33. The van der Waals surface area contributed by atoms with Gasteiger partial charge in [0.25, 0.3) is 0 Å². The molecule has 0 spiro atoms. The molecule has 0 aliphatic carbocycles. The van der Waals surface area contributed by atoms with Crippen molar-refractivity contribution in [2.75, 3.05) is 0 Å². The molecule has 0 saturated carbocycles. The maximum Gasteiger partial charge on any atom is 0.0823 e. The van der Waals surface area contributed by atoms with E-state index >= 15 is 0 Å². The van der Waals surface area contributed by atoms with Crippen LogP contribution in [0.5, 0.6) is 0 Å². The van der Waals surface area contributed by atoms with Gasteiger partial charge in [-0.25, -0.2) is 0 Å². The molecule has 1 heterocycles. The Bertz CT molecular complexity index is 217. The van der Waals surface area contributed by atoms with Crippen LogP contribution >= 0.6 is 0 Å². The van der Waals surface area contributed by atoms with Gasteiger partial charge in [-0.15, -0.1) is 0 Å². The van der Waals surface area contributed by atoms with Crippen LogP contribution in [-0.2, 0) is 0 Å². The van der Waals surface area contributed by atoms with E-state index in [-0.39, 0.29) is 6.10 Å². The smallest absolute Gasteiger partial charge is 0.0823 e. The molecule has 3 heteroatoms. The Morgan fingerprint density at radius 3 is 2.62 bits per heavy atom. The van der Waals surface area contributed by atoms with Crippen LogP contribution in [-0.4, -0.2) is 15.3 Å². The molecule has 1 aromatic rings. The lowest BCUT2D eigenvalue weighted by Crippen LogP contribution is -2.05. The summed E-state index contributed by atoms with van der Waals surface area (Å²) in [5.74, 6) is 0.616. The van der Waals surface area contributed by atoms with Gasteiger partial charge in [0.15, 0.2) is 0 Å². The summed E-state index contributed by atoms with van der Waals surface area (Å²) in [5, 5.41) is 16.3. The third kappa shape index (κ3) is 2.84. The Hall–Kier alpha value is -0.830. The first kappa shape index (κ1) is 10.3.